The van der Waals surface area contributed by atoms with Crippen LogP contribution in [0.25, 0.3) is 0 Å². The van der Waals surface area contributed by atoms with E-state index < -0.39 is 0 Å². The number of carbonyl (C=O) groups excluding carboxylic acids is 1. The maximum Gasteiger partial charge on any atom is 0.228 e. The molecule has 0 radical (unpaired) electrons. The predicted molar refractivity (Wildman–Crippen MR) is 83.0 cm³/mol. The van der Waals surface area contributed by atoms with Crippen molar-refractivity contribution in [2.24, 2.45) is 0 Å². The molecule has 104 valence electrons. The highest BCUT2D eigenvalue weighted by molar-refractivity contribution is 6.30. The Morgan fingerprint density at radius 2 is 1.85 bits per heavy atom. The van der Waals surface area contributed by atoms with Crippen molar-refractivity contribution in [2.75, 3.05) is 12.4 Å². The highest BCUT2D eigenvalue weighted by atomic mass is 35.5. The van der Waals surface area contributed by atoms with Crippen LogP contribution in [0.15, 0.2) is 48.5 Å². The van der Waals surface area contributed by atoms with Gasteiger partial charge in [0.15, 0.2) is 0 Å². The molecule has 0 atom stereocenters. The average Bonchev–Trinajstić information content (AvgIpc) is 2.39. The van der Waals surface area contributed by atoms with Crippen LogP contribution >= 0.6 is 11.6 Å². The Morgan fingerprint density at radius 3 is 2.60 bits per heavy atom. The van der Waals surface area contributed by atoms with Gasteiger partial charge in [0.25, 0.3) is 0 Å². The summed E-state index contributed by atoms with van der Waals surface area (Å²) in [7, 11) is 1.89. The standard InChI is InChI=1S/C16H17ClN2O/c1-18-11-13-5-3-7-15(9-13)19-16(20)10-12-4-2-6-14(17)8-12/h2-9,18H,10-11H2,1H3,(H,19,20). The molecule has 2 aromatic rings. The summed E-state index contributed by atoms with van der Waals surface area (Å²) in [5.74, 6) is -0.0473. The van der Waals surface area contributed by atoms with E-state index in [2.05, 4.69) is 10.6 Å². The summed E-state index contributed by atoms with van der Waals surface area (Å²) in [6, 6.07) is 15.1. The Labute approximate surface area is 124 Å². The van der Waals surface area contributed by atoms with E-state index in [1.165, 1.54) is 0 Å². The van der Waals surface area contributed by atoms with Gasteiger partial charge in [-0.1, -0.05) is 35.9 Å². The van der Waals surface area contributed by atoms with Crippen LogP contribution < -0.4 is 10.6 Å². The third-order valence-electron chi connectivity index (χ3n) is 2.85. The van der Waals surface area contributed by atoms with Gasteiger partial charge in [0.2, 0.25) is 5.91 Å². The Balaban J connectivity index is 1.99. The normalized spacial score (nSPS) is 10.3. The second-order valence-corrected chi connectivity index (χ2v) is 5.02. The van der Waals surface area contributed by atoms with Gasteiger partial charge in [-0.2, -0.15) is 0 Å². The van der Waals surface area contributed by atoms with E-state index in [1.54, 1.807) is 12.1 Å². The molecule has 0 aromatic heterocycles. The van der Waals surface area contributed by atoms with E-state index in [-0.39, 0.29) is 5.91 Å². The zero-order valence-electron chi connectivity index (χ0n) is 11.3. The van der Waals surface area contributed by atoms with Crippen LogP contribution in [-0.4, -0.2) is 13.0 Å². The molecule has 0 aliphatic heterocycles. The molecular weight excluding hydrogens is 272 g/mol. The van der Waals surface area contributed by atoms with Crippen molar-refractivity contribution in [2.45, 2.75) is 13.0 Å². The molecule has 2 rings (SSSR count). The lowest BCUT2D eigenvalue weighted by Gasteiger charge is -2.07. The first-order valence-corrected chi connectivity index (χ1v) is 6.83. The molecule has 4 heteroatoms. The molecule has 1 amide bonds. The molecule has 0 fully saturated rings. The Bertz CT molecular complexity index is 599. The lowest BCUT2D eigenvalue weighted by molar-refractivity contribution is -0.115. The van der Waals surface area contributed by atoms with Crippen molar-refractivity contribution in [1.29, 1.82) is 0 Å². The fourth-order valence-corrected chi connectivity index (χ4v) is 2.21. The van der Waals surface area contributed by atoms with Crippen LogP contribution in [0.1, 0.15) is 11.1 Å². The van der Waals surface area contributed by atoms with E-state index in [4.69, 9.17) is 11.6 Å². The van der Waals surface area contributed by atoms with Gasteiger partial charge in [0.05, 0.1) is 6.42 Å². The molecule has 2 N–H and O–H groups in total. The van der Waals surface area contributed by atoms with Crippen LogP contribution in [0.2, 0.25) is 5.02 Å². The van der Waals surface area contributed by atoms with E-state index in [1.807, 2.05) is 43.4 Å². The van der Waals surface area contributed by atoms with Crippen molar-refractivity contribution in [3.63, 3.8) is 0 Å². The largest absolute Gasteiger partial charge is 0.326 e. The highest BCUT2D eigenvalue weighted by Crippen LogP contribution is 2.13. The summed E-state index contributed by atoms with van der Waals surface area (Å²) >= 11 is 5.91. The molecule has 0 aliphatic rings. The number of hydrogen-bond donors (Lipinski definition) is 2. The van der Waals surface area contributed by atoms with Crippen LogP contribution in [0.5, 0.6) is 0 Å². The molecule has 2 aromatic carbocycles. The SMILES string of the molecule is CNCc1cccc(NC(=O)Cc2cccc(Cl)c2)c1. The van der Waals surface area contributed by atoms with Gasteiger partial charge in [-0.3, -0.25) is 4.79 Å². The van der Waals surface area contributed by atoms with Crippen LogP contribution in [-0.2, 0) is 17.8 Å². The maximum absolute atomic E-state index is 12.0. The molecule has 0 aliphatic carbocycles. The minimum absolute atomic E-state index is 0.0473. The first-order valence-electron chi connectivity index (χ1n) is 6.45. The number of amides is 1. The summed E-state index contributed by atoms with van der Waals surface area (Å²) < 4.78 is 0. The van der Waals surface area contributed by atoms with Crippen molar-refractivity contribution >= 4 is 23.2 Å². The van der Waals surface area contributed by atoms with Crippen molar-refractivity contribution in [3.05, 3.63) is 64.7 Å². The molecule has 0 bridgehead atoms. The van der Waals surface area contributed by atoms with Gasteiger partial charge >= 0.3 is 0 Å². The van der Waals surface area contributed by atoms with E-state index >= 15 is 0 Å². The molecule has 20 heavy (non-hydrogen) atoms. The fourth-order valence-electron chi connectivity index (χ4n) is 2.00. The third-order valence-corrected chi connectivity index (χ3v) is 3.08. The van der Waals surface area contributed by atoms with Crippen molar-refractivity contribution in [3.8, 4) is 0 Å². The van der Waals surface area contributed by atoms with Gasteiger partial charge < -0.3 is 10.6 Å². The Kier molecular flexibility index (Phi) is 5.16. The van der Waals surface area contributed by atoms with E-state index in [9.17, 15) is 4.79 Å². The van der Waals surface area contributed by atoms with Gasteiger partial charge in [-0.15, -0.1) is 0 Å². The molecular formula is C16H17ClN2O. The van der Waals surface area contributed by atoms with Gasteiger partial charge in [0.1, 0.15) is 0 Å². The molecule has 0 spiro atoms. The molecule has 0 heterocycles. The zero-order chi connectivity index (χ0) is 14.4. The number of carbonyl (C=O) groups is 1. The Hall–Kier alpha value is -1.84. The van der Waals surface area contributed by atoms with Gasteiger partial charge in [-0.05, 0) is 42.4 Å². The number of benzene rings is 2. The van der Waals surface area contributed by atoms with Gasteiger partial charge in [0, 0.05) is 17.3 Å². The smallest absolute Gasteiger partial charge is 0.228 e. The topological polar surface area (TPSA) is 41.1 Å². The maximum atomic E-state index is 12.0. The minimum atomic E-state index is -0.0473. The monoisotopic (exact) mass is 288 g/mol. The highest BCUT2D eigenvalue weighted by Gasteiger charge is 2.05. The van der Waals surface area contributed by atoms with Crippen LogP contribution in [0, 0.1) is 0 Å². The van der Waals surface area contributed by atoms with Crippen LogP contribution in [0.4, 0.5) is 5.69 Å². The Morgan fingerprint density at radius 1 is 1.10 bits per heavy atom. The summed E-state index contributed by atoms with van der Waals surface area (Å²) in [6.07, 6.45) is 0.316. The average molecular weight is 289 g/mol. The fraction of sp³-hybridized carbons (Fsp3) is 0.188. The zero-order valence-corrected chi connectivity index (χ0v) is 12.1. The second-order valence-electron chi connectivity index (χ2n) is 4.59. The first kappa shape index (κ1) is 14.6. The first-order chi connectivity index (χ1) is 9.67. The summed E-state index contributed by atoms with van der Waals surface area (Å²) in [5, 5.41) is 6.63. The summed E-state index contributed by atoms with van der Waals surface area (Å²) in [4.78, 5) is 12.0. The number of nitrogens with one attached hydrogen (secondary N) is 2. The minimum Gasteiger partial charge on any atom is -0.326 e. The molecule has 0 saturated heterocycles. The number of hydrogen-bond acceptors (Lipinski definition) is 2. The lowest BCUT2D eigenvalue weighted by atomic mass is 10.1. The number of halogens is 1. The van der Waals surface area contributed by atoms with Crippen molar-refractivity contribution in [1.82, 2.24) is 5.32 Å². The summed E-state index contributed by atoms with van der Waals surface area (Å²) in [5.41, 5.74) is 2.85. The lowest BCUT2D eigenvalue weighted by Crippen LogP contribution is -2.14. The van der Waals surface area contributed by atoms with Crippen LogP contribution in [0.3, 0.4) is 0 Å². The molecule has 0 unspecified atom stereocenters. The number of anilines is 1. The summed E-state index contributed by atoms with van der Waals surface area (Å²) in [6.45, 7) is 0.776. The number of rotatable bonds is 5. The second kappa shape index (κ2) is 7.08. The molecule has 3 nitrogen and oxygen atoms in total. The van der Waals surface area contributed by atoms with Gasteiger partial charge in [-0.25, -0.2) is 0 Å². The quantitative estimate of drug-likeness (QED) is 0.887. The van der Waals surface area contributed by atoms with Crippen molar-refractivity contribution < 1.29 is 4.79 Å². The third kappa shape index (κ3) is 4.37. The van der Waals surface area contributed by atoms with E-state index in [0.717, 1.165) is 23.4 Å². The van der Waals surface area contributed by atoms with E-state index in [0.29, 0.717) is 11.4 Å². The molecule has 0 saturated carbocycles. The predicted octanol–water partition coefficient (Wildman–Crippen LogP) is 3.24.